The lowest BCUT2D eigenvalue weighted by molar-refractivity contribution is 0.0696. The number of rotatable bonds is 2. The van der Waals surface area contributed by atoms with Crippen molar-refractivity contribution in [3.05, 3.63) is 52.3 Å². The number of carboxylic acids is 1. The first kappa shape index (κ1) is 11.4. The highest BCUT2D eigenvalue weighted by Crippen LogP contribution is 2.25. The number of nitriles is 1. The number of nitrogens with zero attached hydrogens (tertiary/aromatic N) is 2. The second kappa shape index (κ2) is 4.44. The van der Waals surface area contributed by atoms with Gasteiger partial charge < -0.3 is 9.67 Å². The molecular weight excluding hydrogens is 284 g/mol. The van der Waals surface area contributed by atoms with Crippen molar-refractivity contribution in [1.29, 1.82) is 5.26 Å². The first-order valence-electron chi connectivity index (χ1n) is 4.75. The van der Waals surface area contributed by atoms with Crippen LogP contribution in [0.5, 0.6) is 0 Å². The first-order chi connectivity index (χ1) is 8.15. The number of hydrogen-bond donors (Lipinski definition) is 1. The Morgan fingerprint density at radius 2 is 2.12 bits per heavy atom. The van der Waals surface area contributed by atoms with Crippen molar-refractivity contribution in [3.8, 4) is 11.8 Å². The van der Waals surface area contributed by atoms with Crippen molar-refractivity contribution in [3.63, 3.8) is 0 Å². The smallest absolute Gasteiger partial charge is 0.338 e. The number of aromatic carboxylic acids is 1. The fourth-order valence-electron chi connectivity index (χ4n) is 1.61. The number of carbonyl (C=O) groups is 1. The zero-order chi connectivity index (χ0) is 12.4. The molecule has 0 fully saturated rings. The van der Waals surface area contributed by atoms with Crippen LogP contribution >= 0.6 is 15.9 Å². The molecular formula is C12H7BrN2O2. The molecule has 0 aliphatic heterocycles. The second-order valence-electron chi connectivity index (χ2n) is 3.31. The Bertz CT molecular complexity index is 626. The molecule has 0 aliphatic rings. The van der Waals surface area contributed by atoms with Gasteiger partial charge in [-0.25, -0.2) is 4.79 Å². The third-order valence-electron chi connectivity index (χ3n) is 2.33. The number of carboxylic acid groups (broad SMARTS) is 1. The monoisotopic (exact) mass is 290 g/mol. The van der Waals surface area contributed by atoms with E-state index >= 15 is 0 Å². The van der Waals surface area contributed by atoms with Gasteiger partial charge in [-0.15, -0.1) is 0 Å². The summed E-state index contributed by atoms with van der Waals surface area (Å²) in [7, 11) is 0. The van der Waals surface area contributed by atoms with Gasteiger partial charge >= 0.3 is 5.97 Å². The topological polar surface area (TPSA) is 66.0 Å². The molecule has 17 heavy (non-hydrogen) atoms. The highest BCUT2D eigenvalue weighted by molar-refractivity contribution is 9.10. The molecule has 0 unspecified atom stereocenters. The number of halogens is 1. The Balaban J connectivity index is 2.73. The van der Waals surface area contributed by atoms with Gasteiger partial charge in [-0.1, -0.05) is 6.07 Å². The quantitative estimate of drug-likeness (QED) is 0.925. The lowest BCUT2D eigenvalue weighted by atomic mass is 10.1. The average molecular weight is 291 g/mol. The van der Waals surface area contributed by atoms with Crippen molar-refractivity contribution in [2.24, 2.45) is 0 Å². The van der Waals surface area contributed by atoms with Crippen molar-refractivity contribution in [2.45, 2.75) is 0 Å². The molecule has 2 rings (SSSR count). The van der Waals surface area contributed by atoms with Gasteiger partial charge in [0.2, 0.25) is 0 Å². The summed E-state index contributed by atoms with van der Waals surface area (Å²) >= 11 is 3.20. The molecule has 1 aromatic carbocycles. The van der Waals surface area contributed by atoms with Crippen LogP contribution in [0.25, 0.3) is 5.69 Å². The van der Waals surface area contributed by atoms with E-state index in [0.717, 1.165) is 0 Å². The molecule has 0 aliphatic carbocycles. The summed E-state index contributed by atoms with van der Waals surface area (Å²) in [5.74, 6) is -1.04. The molecule has 5 heteroatoms. The second-order valence-corrected chi connectivity index (χ2v) is 4.17. The van der Waals surface area contributed by atoms with Gasteiger partial charge in [0.15, 0.2) is 0 Å². The third-order valence-corrected chi connectivity index (χ3v) is 2.99. The molecule has 0 saturated heterocycles. The average Bonchev–Trinajstić information content (AvgIpc) is 2.75. The molecule has 0 spiro atoms. The van der Waals surface area contributed by atoms with Crippen LogP contribution in [-0.2, 0) is 0 Å². The zero-order valence-corrected chi connectivity index (χ0v) is 10.2. The van der Waals surface area contributed by atoms with Crippen LogP contribution < -0.4 is 0 Å². The summed E-state index contributed by atoms with van der Waals surface area (Å²) in [5, 5.41) is 18.1. The Kier molecular flexibility index (Phi) is 2.98. The van der Waals surface area contributed by atoms with Crippen LogP contribution in [0.4, 0.5) is 0 Å². The minimum absolute atomic E-state index is 0.139. The largest absolute Gasteiger partial charge is 0.478 e. The van der Waals surface area contributed by atoms with E-state index in [-0.39, 0.29) is 5.56 Å². The molecule has 4 nitrogen and oxygen atoms in total. The van der Waals surface area contributed by atoms with Gasteiger partial charge in [0, 0.05) is 10.7 Å². The van der Waals surface area contributed by atoms with Gasteiger partial charge in [0.05, 0.1) is 11.3 Å². The highest BCUT2D eigenvalue weighted by atomic mass is 79.9. The molecule has 0 saturated carbocycles. The first-order valence-corrected chi connectivity index (χ1v) is 5.54. The Morgan fingerprint density at radius 1 is 1.35 bits per heavy atom. The van der Waals surface area contributed by atoms with Crippen LogP contribution in [0.15, 0.2) is 41.0 Å². The lowest BCUT2D eigenvalue weighted by Crippen LogP contribution is -2.06. The predicted molar refractivity (Wildman–Crippen MR) is 65.1 cm³/mol. The molecule has 1 heterocycles. The van der Waals surface area contributed by atoms with Crippen molar-refractivity contribution in [1.82, 2.24) is 4.57 Å². The summed E-state index contributed by atoms with van der Waals surface area (Å²) in [5.41, 5.74) is 0.999. The number of hydrogen-bond acceptors (Lipinski definition) is 2. The maximum absolute atomic E-state index is 11.2. The van der Waals surface area contributed by atoms with E-state index in [1.165, 1.54) is 0 Å². The van der Waals surface area contributed by atoms with Gasteiger partial charge in [0.1, 0.15) is 11.8 Å². The van der Waals surface area contributed by atoms with Gasteiger partial charge in [-0.2, -0.15) is 5.26 Å². The molecule has 1 N–H and O–H groups in total. The molecule has 0 amide bonds. The van der Waals surface area contributed by atoms with Gasteiger partial charge in [-0.3, -0.25) is 0 Å². The third kappa shape index (κ3) is 1.95. The van der Waals surface area contributed by atoms with Crippen LogP contribution in [0.1, 0.15) is 16.1 Å². The standard InChI is InChI=1S/C12H7BrN2O2/c13-9-4-1-5-10(11(9)12(16)17)15-6-2-3-8(15)7-14/h1-6H,(H,16,17). The van der Waals surface area contributed by atoms with E-state index < -0.39 is 5.97 Å². The van der Waals surface area contributed by atoms with E-state index in [4.69, 9.17) is 5.26 Å². The summed E-state index contributed by atoms with van der Waals surface area (Å²) in [6.07, 6.45) is 1.66. The fraction of sp³-hybridized carbons (Fsp3) is 0. The Labute approximate surface area is 106 Å². The summed E-state index contributed by atoms with van der Waals surface area (Å²) in [6.45, 7) is 0. The highest BCUT2D eigenvalue weighted by Gasteiger charge is 2.16. The molecule has 84 valence electrons. The minimum atomic E-state index is -1.04. The van der Waals surface area contributed by atoms with E-state index in [2.05, 4.69) is 15.9 Å². The van der Waals surface area contributed by atoms with Crippen molar-refractivity contribution in [2.75, 3.05) is 0 Å². The SMILES string of the molecule is N#Cc1cccn1-c1cccc(Br)c1C(=O)O. The van der Waals surface area contributed by atoms with E-state index in [0.29, 0.717) is 15.9 Å². The predicted octanol–water partition coefficient (Wildman–Crippen LogP) is 2.81. The minimum Gasteiger partial charge on any atom is -0.478 e. The van der Waals surface area contributed by atoms with E-state index in [1.54, 1.807) is 41.1 Å². The number of benzene rings is 1. The van der Waals surface area contributed by atoms with Gasteiger partial charge in [-0.05, 0) is 40.2 Å². The Hall–Kier alpha value is -2.06. The molecule has 0 radical (unpaired) electrons. The Morgan fingerprint density at radius 3 is 2.76 bits per heavy atom. The van der Waals surface area contributed by atoms with Crippen LogP contribution in [-0.4, -0.2) is 15.6 Å². The summed E-state index contributed by atoms with van der Waals surface area (Å²) < 4.78 is 2.04. The fourth-order valence-corrected chi connectivity index (χ4v) is 2.13. The van der Waals surface area contributed by atoms with Crippen molar-refractivity contribution >= 4 is 21.9 Å². The molecule has 0 bridgehead atoms. The lowest BCUT2D eigenvalue weighted by Gasteiger charge is -2.10. The van der Waals surface area contributed by atoms with E-state index in [9.17, 15) is 9.90 Å². The maximum atomic E-state index is 11.2. The summed E-state index contributed by atoms with van der Waals surface area (Å²) in [4.78, 5) is 11.2. The van der Waals surface area contributed by atoms with Crippen LogP contribution in [0, 0.1) is 11.3 Å². The molecule has 1 aromatic heterocycles. The van der Waals surface area contributed by atoms with Gasteiger partial charge in [0.25, 0.3) is 0 Å². The summed E-state index contributed by atoms with van der Waals surface area (Å²) in [6, 6.07) is 10.4. The number of aromatic nitrogens is 1. The van der Waals surface area contributed by atoms with Crippen molar-refractivity contribution < 1.29 is 9.90 Å². The molecule has 0 atom stereocenters. The zero-order valence-electron chi connectivity index (χ0n) is 8.59. The van der Waals surface area contributed by atoms with Crippen LogP contribution in [0.2, 0.25) is 0 Å². The normalized spacial score (nSPS) is 9.88. The molecule has 2 aromatic rings. The van der Waals surface area contributed by atoms with Crippen LogP contribution in [0.3, 0.4) is 0 Å². The maximum Gasteiger partial charge on any atom is 0.338 e. The van der Waals surface area contributed by atoms with E-state index in [1.807, 2.05) is 6.07 Å².